The predicted molar refractivity (Wildman–Crippen MR) is 103 cm³/mol. The molecule has 0 radical (unpaired) electrons. The Morgan fingerprint density at radius 3 is 2.43 bits per heavy atom. The number of piperidine rings is 1. The Bertz CT molecular complexity index is 1010. The van der Waals surface area contributed by atoms with Gasteiger partial charge < -0.3 is 4.90 Å². The number of anilines is 1. The second kappa shape index (κ2) is 6.99. The molecule has 30 heavy (non-hydrogen) atoms. The quantitative estimate of drug-likeness (QED) is 0.757. The van der Waals surface area contributed by atoms with Gasteiger partial charge in [0.25, 0.3) is 0 Å². The average Bonchev–Trinajstić information content (AvgIpc) is 3.26. The Hall–Kier alpha value is -3.12. The molecule has 1 aromatic carbocycles. The minimum atomic E-state index is -0.623. The standard InChI is InChI=1S/C21H20F2N6O/c22-15-7-14(8-16(23)9-15)18-1-4-28-13-21(20(30)29(18)28)2-5-27(6-3-21)19-12-25-17(10-24)11-26-19/h7-9,11-12,18H,1-6,13H2/t18-/m0/s1. The molecular formula is C21H20F2N6O. The summed E-state index contributed by atoms with van der Waals surface area (Å²) in [6.45, 7) is 2.65. The maximum Gasteiger partial charge on any atom is 0.245 e. The highest BCUT2D eigenvalue weighted by Crippen LogP contribution is 2.47. The van der Waals surface area contributed by atoms with E-state index in [1.165, 1.54) is 18.3 Å². The number of rotatable bonds is 2. The van der Waals surface area contributed by atoms with Crippen molar-refractivity contribution in [3.05, 3.63) is 53.5 Å². The smallest absolute Gasteiger partial charge is 0.245 e. The van der Waals surface area contributed by atoms with Crippen molar-refractivity contribution in [3.8, 4) is 6.07 Å². The molecule has 1 amide bonds. The number of fused-ring (bicyclic) bond motifs is 1. The highest BCUT2D eigenvalue weighted by molar-refractivity contribution is 5.85. The summed E-state index contributed by atoms with van der Waals surface area (Å²) < 4.78 is 27.5. The van der Waals surface area contributed by atoms with Gasteiger partial charge in [0.2, 0.25) is 5.91 Å². The van der Waals surface area contributed by atoms with E-state index in [1.807, 2.05) is 11.1 Å². The fourth-order valence-corrected chi connectivity index (χ4v) is 4.94. The van der Waals surface area contributed by atoms with Crippen LogP contribution in [0.1, 0.15) is 36.6 Å². The van der Waals surface area contributed by atoms with Crippen LogP contribution < -0.4 is 4.90 Å². The fraction of sp³-hybridized carbons (Fsp3) is 0.429. The molecule has 3 aliphatic rings. The largest absolute Gasteiger partial charge is 0.355 e. The zero-order chi connectivity index (χ0) is 20.9. The molecule has 9 heteroatoms. The van der Waals surface area contributed by atoms with E-state index in [0.29, 0.717) is 56.8 Å². The summed E-state index contributed by atoms with van der Waals surface area (Å²) in [5.74, 6) is -0.508. The molecule has 1 spiro atoms. The number of nitriles is 1. The van der Waals surface area contributed by atoms with Crippen molar-refractivity contribution < 1.29 is 13.6 Å². The van der Waals surface area contributed by atoms with E-state index in [1.54, 1.807) is 11.2 Å². The molecule has 1 aromatic heterocycles. The molecule has 0 N–H and O–H groups in total. The van der Waals surface area contributed by atoms with Gasteiger partial charge >= 0.3 is 0 Å². The van der Waals surface area contributed by atoms with E-state index in [0.717, 1.165) is 6.07 Å². The van der Waals surface area contributed by atoms with Crippen LogP contribution >= 0.6 is 0 Å². The van der Waals surface area contributed by atoms with Crippen LogP contribution in [0.25, 0.3) is 0 Å². The van der Waals surface area contributed by atoms with Crippen LogP contribution in [0.5, 0.6) is 0 Å². The third-order valence-electron chi connectivity index (χ3n) is 6.47. The van der Waals surface area contributed by atoms with Gasteiger partial charge in [0.05, 0.1) is 23.9 Å². The van der Waals surface area contributed by atoms with Crippen LogP contribution in [0, 0.1) is 28.4 Å². The minimum Gasteiger partial charge on any atom is -0.355 e. The third kappa shape index (κ3) is 2.99. The summed E-state index contributed by atoms with van der Waals surface area (Å²) in [7, 11) is 0. The number of hydrogen-bond acceptors (Lipinski definition) is 6. The molecule has 7 nitrogen and oxygen atoms in total. The topological polar surface area (TPSA) is 76.4 Å². The lowest BCUT2D eigenvalue weighted by Gasteiger charge is -2.38. The lowest BCUT2D eigenvalue weighted by Crippen LogP contribution is -2.46. The molecule has 0 bridgehead atoms. The van der Waals surface area contributed by atoms with Crippen molar-refractivity contribution >= 4 is 11.7 Å². The number of carbonyl (C=O) groups is 1. The molecule has 4 heterocycles. The monoisotopic (exact) mass is 410 g/mol. The van der Waals surface area contributed by atoms with Gasteiger partial charge in [0, 0.05) is 32.2 Å². The normalized spacial score (nSPS) is 23.1. The summed E-state index contributed by atoms with van der Waals surface area (Å²) in [5.41, 5.74) is 0.290. The molecule has 1 atom stereocenters. The first-order valence-electron chi connectivity index (χ1n) is 10.0. The Labute approximate surface area is 172 Å². The first-order valence-corrected chi connectivity index (χ1v) is 10.0. The SMILES string of the molecule is N#Cc1cnc(N2CCC3(CC2)CN2CC[C@@H](c4cc(F)cc(F)c4)N2C3=O)cn1. The van der Waals surface area contributed by atoms with Crippen molar-refractivity contribution in [1.82, 2.24) is 20.0 Å². The number of amides is 1. The molecule has 3 saturated heterocycles. The van der Waals surface area contributed by atoms with Crippen LogP contribution in [0.15, 0.2) is 30.6 Å². The highest BCUT2D eigenvalue weighted by Gasteiger charge is 2.56. The number of carbonyl (C=O) groups excluding carboxylic acids is 1. The summed E-state index contributed by atoms with van der Waals surface area (Å²) in [5, 5.41) is 12.6. The van der Waals surface area contributed by atoms with Gasteiger partial charge in [-0.05, 0) is 37.0 Å². The molecule has 3 fully saturated rings. The van der Waals surface area contributed by atoms with Crippen LogP contribution in [-0.4, -0.2) is 52.1 Å². The number of benzene rings is 1. The number of nitrogens with zero attached hydrogens (tertiary/aromatic N) is 6. The first-order chi connectivity index (χ1) is 14.5. The molecule has 2 aromatic rings. The predicted octanol–water partition coefficient (Wildman–Crippen LogP) is 2.42. The summed E-state index contributed by atoms with van der Waals surface area (Å²) >= 11 is 0. The van der Waals surface area contributed by atoms with E-state index in [2.05, 4.69) is 14.9 Å². The third-order valence-corrected chi connectivity index (χ3v) is 6.47. The van der Waals surface area contributed by atoms with Crippen molar-refractivity contribution in [2.75, 3.05) is 31.1 Å². The van der Waals surface area contributed by atoms with Gasteiger partial charge in [0.1, 0.15) is 23.5 Å². The maximum absolute atomic E-state index is 13.7. The molecule has 0 aliphatic carbocycles. The van der Waals surface area contributed by atoms with Crippen LogP contribution in [-0.2, 0) is 4.79 Å². The first kappa shape index (κ1) is 18.9. The Morgan fingerprint density at radius 1 is 1.07 bits per heavy atom. The molecule has 0 unspecified atom stereocenters. The average molecular weight is 410 g/mol. The number of hydrazine groups is 1. The van der Waals surface area contributed by atoms with E-state index in [4.69, 9.17) is 5.26 Å². The van der Waals surface area contributed by atoms with Crippen molar-refractivity contribution in [1.29, 1.82) is 5.26 Å². The molecule has 0 saturated carbocycles. The van der Waals surface area contributed by atoms with Gasteiger partial charge in [-0.15, -0.1) is 0 Å². The molecule has 5 rings (SSSR count). The van der Waals surface area contributed by atoms with Crippen LogP contribution in [0.2, 0.25) is 0 Å². The Morgan fingerprint density at radius 2 is 1.80 bits per heavy atom. The van der Waals surface area contributed by atoms with Crippen molar-refractivity contribution in [2.24, 2.45) is 5.41 Å². The molecule has 3 aliphatic heterocycles. The molecule has 154 valence electrons. The fourth-order valence-electron chi connectivity index (χ4n) is 4.94. The lowest BCUT2D eigenvalue weighted by molar-refractivity contribution is -0.143. The van der Waals surface area contributed by atoms with Gasteiger partial charge in [-0.1, -0.05) is 0 Å². The number of halogens is 2. The zero-order valence-corrected chi connectivity index (χ0v) is 16.3. The highest BCUT2D eigenvalue weighted by atomic mass is 19.1. The number of hydrogen-bond donors (Lipinski definition) is 0. The second-order valence-electron chi connectivity index (χ2n) is 8.18. The lowest BCUT2D eigenvalue weighted by atomic mass is 9.77. The van der Waals surface area contributed by atoms with E-state index >= 15 is 0 Å². The summed E-state index contributed by atoms with van der Waals surface area (Å²) in [6.07, 6.45) is 5.04. The zero-order valence-electron chi connectivity index (χ0n) is 16.3. The van der Waals surface area contributed by atoms with Crippen molar-refractivity contribution in [2.45, 2.75) is 25.3 Å². The number of aromatic nitrogens is 2. The maximum atomic E-state index is 13.7. The van der Waals surface area contributed by atoms with E-state index in [-0.39, 0.29) is 17.6 Å². The van der Waals surface area contributed by atoms with Crippen molar-refractivity contribution in [3.63, 3.8) is 0 Å². The summed E-state index contributed by atoms with van der Waals surface area (Å²) in [6, 6.07) is 5.12. The van der Waals surface area contributed by atoms with Crippen LogP contribution in [0.4, 0.5) is 14.6 Å². The second-order valence-corrected chi connectivity index (χ2v) is 8.18. The van der Waals surface area contributed by atoms with Gasteiger partial charge in [0.15, 0.2) is 5.69 Å². The van der Waals surface area contributed by atoms with Gasteiger partial charge in [-0.25, -0.2) is 23.8 Å². The van der Waals surface area contributed by atoms with Crippen LogP contribution in [0.3, 0.4) is 0 Å². The Balaban J connectivity index is 1.33. The van der Waals surface area contributed by atoms with E-state index < -0.39 is 17.0 Å². The minimum absolute atomic E-state index is 0.0419. The van der Waals surface area contributed by atoms with E-state index in [9.17, 15) is 13.6 Å². The van der Waals surface area contributed by atoms with Gasteiger partial charge in [-0.3, -0.25) is 9.80 Å². The Kier molecular flexibility index (Phi) is 4.40. The molecular weight excluding hydrogens is 390 g/mol. The van der Waals surface area contributed by atoms with Gasteiger partial charge in [-0.2, -0.15) is 5.26 Å². The summed E-state index contributed by atoms with van der Waals surface area (Å²) in [4.78, 5) is 23.9.